The Morgan fingerprint density at radius 2 is 2.03 bits per heavy atom. The fourth-order valence-electron chi connectivity index (χ4n) is 3.48. The van der Waals surface area contributed by atoms with Gasteiger partial charge in [-0.15, -0.1) is 0 Å². The van der Waals surface area contributed by atoms with Gasteiger partial charge in [0.1, 0.15) is 6.04 Å². The molecule has 1 aliphatic rings. The van der Waals surface area contributed by atoms with E-state index in [0.717, 1.165) is 4.90 Å². The maximum Gasteiger partial charge on any atom is 0.291 e. The van der Waals surface area contributed by atoms with Crippen LogP contribution in [0.1, 0.15) is 27.4 Å². The van der Waals surface area contributed by atoms with Crippen molar-refractivity contribution < 1.29 is 23.2 Å². The number of pyridine rings is 1. The van der Waals surface area contributed by atoms with Crippen LogP contribution in [0.3, 0.4) is 0 Å². The van der Waals surface area contributed by atoms with Crippen molar-refractivity contribution >= 4 is 34.4 Å². The average molecular weight is 453 g/mol. The van der Waals surface area contributed by atoms with Gasteiger partial charge in [0, 0.05) is 12.6 Å². The number of halogens is 2. The van der Waals surface area contributed by atoms with E-state index in [0.29, 0.717) is 11.0 Å². The van der Waals surface area contributed by atoms with Gasteiger partial charge in [-0.25, -0.2) is 13.8 Å². The Labute approximate surface area is 185 Å². The van der Waals surface area contributed by atoms with Crippen molar-refractivity contribution in [3.05, 3.63) is 54.1 Å². The minimum absolute atomic E-state index is 0.00541. The molecular weight excluding hydrogens is 436 g/mol. The van der Waals surface area contributed by atoms with Gasteiger partial charge in [-0.05, 0) is 18.2 Å². The number of nitrogens with one attached hydrogen (secondary N) is 3. The number of H-pyrrole nitrogens is 1. The van der Waals surface area contributed by atoms with Crippen LogP contribution in [0.5, 0.6) is 0 Å². The number of imidazole rings is 1. The molecule has 1 fully saturated rings. The summed E-state index contributed by atoms with van der Waals surface area (Å²) in [5.74, 6) is -5.28. The zero-order chi connectivity index (χ0) is 23.6. The molecule has 3 heterocycles. The largest absolute Gasteiger partial charge is 0.343 e. The van der Waals surface area contributed by atoms with E-state index in [1.165, 1.54) is 18.5 Å². The Morgan fingerprint density at radius 3 is 2.79 bits per heavy atom. The topological polar surface area (TPSA) is 144 Å². The monoisotopic (exact) mass is 453 g/mol. The number of nitriles is 1. The SMILES string of the molecule is N#C[C@@H]1CC(F)(F)CN1C(=O)CNC(=O)c1ccncc1NC(=O)c1nc2ccccc2[nH]1. The Kier molecular flexibility index (Phi) is 5.70. The highest BCUT2D eigenvalue weighted by molar-refractivity contribution is 6.08. The first-order valence-corrected chi connectivity index (χ1v) is 9.82. The number of likely N-dealkylation sites (tertiary alicyclic amines) is 1. The summed E-state index contributed by atoms with van der Waals surface area (Å²) in [5, 5.41) is 13.9. The smallest absolute Gasteiger partial charge is 0.291 e. The molecule has 3 N–H and O–H groups in total. The maximum absolute atomic E-state index is 13.6. The van der Waals surface area contributed by atoms with Crippen molar-refractivity contribution in [1.29, 1.82) is 5.26 Å². The van der Waals surface area contributed by atoms with E-state index in [9.17, 15) is 23.2 Å². The molecule has 3 amide bonds. The van der Waals surface area contributed by atoms with Crippen molar-refractivity contribution in [3.8, 4) is 6.07 Å². The van der Waals surface area contributed by atoms with Crippen LogP contribution >= 0.6 is 0 Å². The zero-order valence-corrected chi connectivity index (χ0v) is 17.0. The summed E-state index contributed by atoms with van der Waals surface area (Å²) in [4.78, 5) is 49.2. The number of fused-ring (bicyclic) bond motifs is 1. The first-order valence-electron chi connectivity index (χ1n) is 9.82. The number of carbonyl (C=O) groups excluding carboxylic acids is 3. The Bertz CT molecular complexity index is 1250. The molecule has 10 nitrogen and oxygen atoms in total. The minimum atomic E-state index is -3.15. The molecule has 1 saturated heterocycles. The van der Waals surface area contributed by atoms with Crippen LogP contribution in [0.2, 0.25) is 0 Å². The van der Waals surface area contributed by atoms with Gasteiger partial charge in [-0.1, -0.05) is 12.1 Å². The lowest BCUT2D eigenvalue weighted by Gasteiger charge is -2.19. The quantitative estimate of drug-likeness (QED) is 0.536. The maximum atomic E-state index is 13.6. The first kappa shape index (κ1) is 21.8. The summed E-state index contributed by atoms with van der Waals surface area (Å²) in [7, 11) is 0. The van der Waals surface area contributed by atoms with E-state index in [1.807, 2.05) is 0 Å². The number of hydrogen-bond acceptors (Lipinski definition) is 6. The molecule has 1 aromatic carbocycles. The second kappa shape index (κ2) is 8.62. The van der Waals surface area contributed by atoms with E-state index in [-0.39, 0.29) is 17.1 Å². The van der Waals surface area contributed by atoms with Crippen LogP contribution in [0, 0.1) is 11.3 Å². The molecule has 0 radical (unpaired) electrons. The summed E-state index contributed by atoms with van der Waals surface area (Å²) < 4.78 is 27.1. The Morgan fingerprint density at radius 1 is 1.24 bits per heavy atom. The highest BCUT2D eigenvalue weighted by Crippen LogP contribution is 2.31. The molecule has 0 saturated carbocycles. The van der Waals surface area contributed by atoms with Gasteiger partial charge in [0.15, 0.2) is 5.82 Å². The average Bonchev–Trinajstić information content (AvgIpc) is 3.38. The third-order valence-electron chi connectivity index (χ3n) is 5.06. The number of nitrogens with zero attached hydrogens (tertiary/aromatic N) is 4. The normalized spacial score (nSPS) is 16.9. The Hall–Kier alpha value is -4.40. The van der Waals surface area contributed by atoms with Crippen molar-refractivity contribution in [1.82, 2.24) is 25.2 Å². The summed E-state index contributed by atoms with van der Waals surface area (Å²) in [6.45, 7) is -1.47. The van der Waals surface area contributed by atoms with Gasteiger partial charge in [0.05, 0.1) is 47.6 Å². The molecule has 1 aliphatic heterocycles. The summed E-state index contributed by atoms with van der Waals surface area (Å²) in [6.07, 6.45) is 1.83. The lowest BCUT2D eigenvalue weighted by atomic mass is 10.2. The van der Waals surface area contributed by atoms with Gasteiger partial charge in [-0.3, -0.25) is 19.4 Å². The van der Waals surface area contributed by atoms with Gasteiger partial charge in [0.2, 0.25) is 5.91 Å². The predicted molar refractivity (Wildman–Crippen MR) is 111 cm³/mol. The van der Waals surface area contributed by atoms with Gasteiger partial charge >= 0.3 is 0 Å². The molecule has 33 heavy (non-hydrogen) atoms. The number of amides is 3. The van der Waals surface area contributed by atoms with Crippen LogP contribution in [0.15, 0.2) is 42.7 Å². The predicted octanol–water partition coefficient (Wildman–Crippen LogP) is 1.70. The van der Waals surface area contributed by atoms with E-state index < -0.39 is 49.2 Å². The van der Waals surface area contributed by atoms with Gasteiger partial charge < -0.3 is 20.5 Å². The lowest BCUT2D eigenvalue weighted by Crippen LogP contribution is -2.43. The summed E-state index contributed by atoms with van der Waals surface area (Å²) >= 11 is 0. The molecule has 1 atom stereocenters. The van der Waals surface area contributed by atoms with Crippen LogP contribution in [-0.4, -0.2) is 62.6 Å². The molecule has 4 rings (SSSR count). The fraction of sp³-hybridized carbons (Fsp3) is 0.238. The minimum Gasteiger partial charge on any atom is -0.343 e. The van der Waals surface area contributed by atoms with E-state index in [2.05, 4.69) is 25.6 Å². The fourth-order valence-corrected chi connectivity index (χ4v) is 3.48. The second-order valence-corrected chi connectivity index (χ2v) is 7.39. The molecule has 168 valence electrons. The number of carbonyl (C=O) groups is 3. The molecule has 2 aromatic heterocycles. The number of benzene rings is 1. The molecule has 0 aliphatic carbocycles. The Balaban J connectivity index is 1.43. The van der Waals surface area contributed by atoms with Crippen LogP contribution < -0.4 is 10.6 Å². The lowest BCUT2D eigenvalue weighted by molar-refractivity contribution is -0.131. The van der Waals surface area contributed by atoms with Crippen molar-refractivity contribution in [3.63, 3.8) is 0 Å². The number of para-hydroxylation sites is 2. The highest BCUT2D eigenvalue weighted by atomic mass is 19.3. The van der Waals surface area contributed by atoms with E-state index in [1.54, 1.807) is 30.3 Å². The van der Waals surface area contributed by atoms with E-state index in [4.69, 9.17) is 5.26 Å². The molecule has 0 unspecified atom stereocenters. The number of aromatic amines is 1. The number of alkyl halides is 2. The van der Waals surface area contributed by atoms with Crippen molar-refractivity contribution in [2.24, 2.45) is 0 Å². The van der Waals surface area contributed by atoms with Crippen molar-refractivity contribution in [2.75, 3.05) is 18.4 Å². The summed E-state index contributed by atoms with van der Waals surface area (Å²) in [5.41, 5.74) is 1.32. The first-order chi connectivity index (χ1) is 15.8. The van der Waals surface area contributed by atoms with Crippen LogP contribution in [0.25, 0.3) is 11.0 Å². The van der Waals surface area contributed by atoms with Gasteiger partial charge in [0.25, 0.3) is 17.7 Å². The number of anilines is 1. The molecule has 0 spiro atoms. The highest BCUT2D eigenvalue weighted by Gasteiger charge is 2.47. The third kappa shape index (κ3) is 4.62. The van der Waals surface area contributed by atoms with Gasteiger partial charge in [-0.2, -0.15) is 5.26 Å². The standard InChI is InChI=1S/C21H17F2N7O3/c22-21(23)7-12(8-24)30(11-21)17(31)10-26-19(32)13-5-6-25-9-16(13)29-20(33)18-27-14-3-1-2-4-15(14)28-18/h1-6,9,12H,7,10-11H2,(H,26,32)(H,27,28)(H,29,33)/t12-/m0/s1. The van der Waals surface area contributed by atoms with Crippen molar-refractivity contribution in [2.45, 2.75) is 18.4 Å². The number of aromatic nitrogens is 3. The molecular formula is C21H17F2N7O3. The zero-order valence-electron chi connectivity index (χ0n) is 17.0. The number of rotatable bonds is 5. The number of hydrogen-bond donors (Lipinski definition) is 3. The molecule has 3 aromatic rings. The molecule has 12 heteroatoms. The van der Waals surface area contributed by atoms with Crippen LogP contribution in [-0.2, 0) is 4.79 Å². The molecule has 0 bridgehead atoms. The van der Waals surface area contributed by atoms with E-state index >= 15 is 0 Å². The third-order valence-corrected chi connectivity index (χ3v) is 5.06. The summed E-state index contributed by atoms with van der Waals surface area (Å²) in [6, 6.07) is 8.79. The van der Waals surface area contributed by atoms with Crippen LogP contribution in [0.4, 0.5) is 14.5 Å². The second-order valence-electron chi connectivity index (χ2n) is 7.39.